The van der Waals surface area contributed by atoms with E-state index in [9.17, 15) is 9.18 Å². The van der Waals surface area contributed by atoms with Crippen LogP contribution in [0.15, 0.2) is 53.8 Å². The van der Waals surface area contributed by atoms with E-state index in [4.69, 9.17) is 9.47 Å². The average molecular weight is 399 g/mol. The summed E-state index contributed by atoms with van der Waals surface area (Å²) in [6.07, 6.45) is 3.40. The van der Waals surface area contributed by atoms with Gasteiger partial charge in [-0.1, -0.05) is 17.8 Å². The van der Waals surface area contributed by atoms with E-state index in [1.165, 1.54) is 30.1 Å². The van der Waals surface area contributed by atoms with Gasteiger partial charge < -0.3 is 14.8 Å². The molecule has 6 nitrogen and oxygen atoms in total. The van der Waals surface area contributed by atoms with Crippen LogP contribution in [0.3, 0.4) is 0 Å². The lowest BCUT2D eigenvalue weighted by Gasteiger charge is -2.19. The second-order valence-corrected chi connectivity index (χ2v) is 6.88. The second-order valence-electron chi connectivity index (χ2n) is 6.10. The highest BCUT2D eigenvalue weighted by Crippen LogP contribution is 2.30. The van der Waals surface area contributed by atoms with Gasteiger partial charge >= 0.3 is 0 Å². The number of hydrogen-bond donors (Lipinski definition) is 1. The van der Waals surface area contributed by atoms with Gasteiger partial charge in [0, 0.05) is 12.2 Å². The van der Waals surface area contributed by atoms with E-state index in [-0.39, 0.29) is 11.7 Å². The summed E-state index contributed by atoms with van der Waals surface area (Å²) in [6, 6.07) is 11.5. The van der Waals surface area contributed by atoms with Gasteiger partial charge in [-0.05, 0) is 48.2 Å². The van der Waals surface area contributed by atoms with Crippen molar-refractivity contribution < 1.29 is 18.7 Å². The van der Waals surface area contributed by atoms with Crippen molar-refractivity contribution in [1.29, 1.82) is 0 Å². The molecule has 1 amide bonds. The van der Waals surface area contributed by atoms with Gasteiger partial charge in [0.2, 0.25) is 0 Å². The number of nitrogens with one attached hydrogen (secondary N) is 1. The lowest BCUT2D eigenvalue weighted by atomic mass is 10.2. The molecular formula is C20H18FN3O3S. The van der Waals surface area contributed by atoms with E-state index in [1.54, 1.807) is 16.7 Å². The third-order valence-corrected chi connectivity index (χ3v) is 4.94. The number of amides is 1. The summed E-state index contributed by atoms with van der Waals surface area (Å²) in [5.74, 6) is 0.783. The van der Waals surface area contributed by atoms with E-state index >= 15 is 0 Å². The Kier molecular flexibility index (Phi) is 5.21. The molecule has 4 rings (SSSR count). The number of carbonyl (C=O) groups excluding carboxylic acids is 1. The molecule has 8 heteroatoms. The first-order valence-corrected chi connectivity index (χ1v) is 9.92. The lowest BCUT2D eigenvalue weighted by molar-refractivity contribution is 0.0943. The number of halogens is 1. The minimum Gasteiger partial charge on any atom is -0.486 e. The SMILES string of the molecule is CSc1ncc(C(=O)NCc2ccc3c(c2)OCCO3)n1-c1ccc(F)cc1. The minimum absolute atomic E-state index is 0.271. The summed E-state index contributed by atoms with van der Waals surface area (Å²) in [4.78, 5) is 17.1. The molecular weight excluding hydrogens is 381 g/mol. The van der Waals surface area contributed by atoms with E-state index in [0.717, 1.165) is 5.56 Å². The number of benzene rings is 2. The van der Waals surface area contributed by atoms with E-state index in [0.29, 0.717) is 47.8 Å². The molecule has 2 aromatic carbocycles. The first kappa shape index (κ1) is 18.4. The topological polar surface area (TPSA) is 65.4 Å². The fourth-order valence-electron chi connectivity index (χ4n) is 2.95. The van der Waals surface area contributed by atoms with Gasteiger partial charge in [-0.3, -0.25) is 9.36 Å². The normalized spacial score (nSPS) is 12.6. The van der Waals surface area contributed by atoms with Crippen LogP contribution in [-0.2, 0) is 6.54 Å². The zero-order valence-electron chi connectivity index (χ0n) is 15.1. The summed E-state index contributed by atoms with van der Waals surface area (Å²) < 4.78 is 26.1. The van der Waals surface area contributed by atoms with E-state index in [1.807, 2.05) is 24.5 Å². The summed E-state index contributed by atoms with van der Waals surface area (Å²) in [5, 5.41) is 3.55. The predicted octanol–water partition coefficient (Wildman–Crippen LogP) is 3.43. The average Bonchev–Trinajstić information content (AvgIpc) is 3.16. The number of aromatic nitrogens is 2. The standard InChI is InChI=1S/C20H18FN3O3S/c1-28-20-23-12-16(24(20)15-5-3-14(21)4-6-15)19(25)22-11-13-2-7-17-18(10-13)27-9-8-26-17/h2-7,10,12H,8-9,11H2,1H3,(H,22,25). The number of rotatable bonds is 5. The lowest BCUT2D eigenvalue weighted by Crippen LogP contribution is -2.25. The van der Waals surface area contributed by atoms with Gasteiger partial charge in [0.25, 0.3) is 5.91 Å². The molecule has 0 radical (unpaired) electrons. The molecule has 0 saturated heterocycles. The zero-order chi connectivity index (χ0) is 19.5. The summed E-state index contributed by atoms with van der Waals surface area (Å²) >= 11 is 1.41. The Morgan fingerprint density at radius 3 is 2.68 bits per heavy atom. The number of hydrogen-bond acceptors (Lipinski definition) is 5. The Bertz CT molecular complexity index is 1000. The van der Waals surface area contributed by atoms with Crippen molar-refractivity contribution >= 4 is 17.7 Å². The third-order valence-electron chi connectivity index (χ3n) is 4.29. The van der Waals surface area contributed by atoms with Gasteiger partial charge in [0.15, 0.2) is 16.7 Å². The van der Waals surface area contributed by atoms with Gasteiger partial charge in [0.1, 0.15) is 24.7 Å². The Morgan fingerprint density at radius 1 is 1.18 bits per heavy atom. The fourth-order valence-corrected chi connectivity index (χ4v) is 3.49. The minimum atomic E-state index is -0.334. The van der Waals surface area contributed by atoms with Crippen LogP contribution in [0.5, 0.6) is 11.5 Å². The quantitative estimate of drug-likeness (QED) is 0.666. The molecule has 1 aromatic heterocycles. The second kappa shape index (κ2) is 7.93. The third kappa shape index (κ3) is 3.68. The molecule has 0 unspecified atom stereocenters. The van der Waals surface area contributed by atoms with Crippen LogP contribution in [0.25, 0.3) is 5.69 Å². The van der Waals surface area contributed by atoms with Gasteiger partial charge in [-0.15, -0.1) is 0 Å². The Hall–Kier alpha value is -3.00. The molecule has 1 aliphatic heterocycles. The van der Waals surface area contributed by atoms with Crippen molar-refractivity contribution in [3.05, 3.63) is 65.7 Å². The van der Waals surface area contributed by atoms with Crippen LogP contribution in [0, 0.1) is 5.82 Å². The molecule has 2 heterocycles. The smallest absolute Gasteiger partial charge is 0.270 e. The highest BCUT2D eigenvalue weighted by molar-refractivity contribution is 7.98. The number of fused-ring (bicyclic) bond motifs is 1. The first-order chi connectivity index (χ1) is 13.7. The van der Waals surface area contributed by atoms with Crippen LogP contribution in [-0.4, -0.2) is 34.9 Å². The van der Waals surface area contributed by atoms with Crippen molar-refractivity contribution in [3.8, 4) is 17.2 Å². The number of thioether (sulfide) groups is 1. The molecule has 0 atom stereocenters. The molecule has 0 bridgehead atoms. The predicted molar refractivity (Wildman–Crippen MR) is 104 cm³/mol. The van der Waals surface area contributed by atoms with Crippen LogP contribution in [0.1, 0.15) is 16.1 Å². The monoisotopic (exact) mass is 399 g/mol. The molecule has 144 valence electrons. The zero-order valence-corrected chi connectivity index (χ0v) is 16.0. The summed E-state index contributed by atoms with van der Waals surface area (Å²) in [6.45, 7) is 1.38. The van der Waals surface area contributed by atoms with E-state index in [2.05, 4.69) is 10.3 Å². The molecule has 0 spiro atoms. The number of nitrogens with zero attached hydrogens (tertiary/aromatic N) is 2. The van der Waals surface area contributed by atoms with E-state index < -0.39 is 0 Å². The fraction of sp³-hybridized carbons (Fsp3) is 0.200. The number of ether oxygens (including phenoxy) is 2. The molecule has 0 saturated carbocycles. The summed E-state index contributed by atoms with van der Waals surface area (Å²) in [5.41, 5.74) is 1.96. The van der Waals surface area contributed by atoms with Crippen molar-refractivity contribution in [1.82, 2.24) is 14.9 Å². The molecule has 1 N–H and O–H groups in total. The largest absolute Gasteiger partial charge is 0.486 e. The number of imidazole rings is 1. The maximum Gasteiger partial charge on any atom is 0.270 e. The molecule has 1 aliphatic rings. The maximum absolute atomic E-state index is 13.3. The summed E-state index contributed by atoms with van der Waals surface area (Å²) in [7, 11) is 0. The molecule has 28 heavy (non-hydrogen) atoms. The van der Waals surface area contributed by atoms with Crippen molar-refractivity contribution in [2.24, 2.45) is 0 Å². The maximum atomic E-state index is 13.3. The van der Waals surface area contributed by atoms with Crippen LogP contribution >= 0.6 is 11.8 Å². The van der Waals surface area contributed by atoms with Crippen molar-refractivity contribution in [3.63, 3.8) is 0 Å². The van der Waals surface area contributed by atoms with Crippen molar-refractivity contribution in [2.45, 2.75) is 11.7 Å². The van der Waals surface area contributed by atoms with Crippen LogP contribution < -0.4 is 14.8 Å². The highest BCUT2D eigenvalue weighted by Gasteiger charge is 2.18. The van der Waals surface area contributed by atoms with Gasteiger partial charge in [0.05, 0.1) is 6.20 Å². The van der Waals surface area contributed by atoms with Crippen molar-refractivity contribution in [2.75, 3.05) is 19.5 Å². The van der Waals surface area contributed by atoms with Gasteiger partial charge in [-0.25, -0.2) is 9.37 Å². The first-order valence-electron chi connectivity index (χ1n) is 8.70. The molecule has 0 fully saturated rings. The van der Waals surface area contributed by atoms with Crippen LogP contribution in [0.4, 0.5) is 4.39 Å². The Morgan fingerprint density at radius 2 is 1.93 bits per heavy atom. The highest BCUT2D eigenvalue weighted by atomic mass is 32.2. The molecule has 0 aliphatic carbocycles. The molecule has 3 aromatic rings. The number of carbonyl (C=O) groups is 1. The van der Waals surface area contributed by atoms with Crippen LogP contribution in [0.2, 0.25) is 0 Å². The Balaban J connectivity index is 1.54. The van der Waals surface area contributed by atoms with Gasteiger partial charge in [-0.2, -0.15) is 0 Å². The Labute approximate surface area is 165 Å².